The molecule has 5 N–H and O–H groups in total. The molecule has 0 aliphatic rings. The number of nitrogens with one attached hydrogen (secondary N) is 1. The first-order chi connectivity index (χ1) is 8.90. The van der Waals surface area contributed by atoms with Crippen molar-refractivity contribution in [3.05, 3.63) is 23.4 Å². The number of aliphatic carboxylic acids is 1. The van der Waals surface area contributed by atoms with Crippen molar-refractivity contribution < 1.29 is 30.0 Å². The van der Waals surface area contributed by atoms with E-state index in [9.17, 15) is 19.8 Å². The lowest BCUT2D eigenvalue weighted by Crippen LogP contribution is -2.04. The van der Waals surface area contributed by atoms with E-state index in [1.165, 1.54) is 6.07 Å². The van der Waals surface area contributed by atoms with Crippen LogP contribution in [-0.4, -0.2) is 37.3 Å². The molecule has 0 aliphatic heterocycles. The second-order valence-electron chi connectivity index (χ2n) is 4.06. The van der Waals surface area contributed by atoms with Gasteiger partial charge in [-0.15, -0.1) is 0 Å². The molecule has 1 heterocycles. The van der Waals surface area contributed by atoms with Crippen LogP contribution in [0.25, 0.3) is 10.9 Å². The predicted molar refractivity (Wildman–Crippen MR) is 64.5 cm³/mol. The number of aryl methyl sites for hydroxylation is 1. The van der Waals surface area contributed by atoms with E-state index < -0.39 is 11.9 Å². The van der Waals surface area contributed by atoms with Gasteiger partial charge in [-0.1, -0.05) is 0 Å². The maximum absolute atomic E-state index is 11.1. The number of carboxylic acid groups (broad SMARTS) is 2. The summed E-state index contributed by atoms with van der Waals surface area (Å²) in [5, 5.41) is 37.1. The largest absolute Gasteiger partial charge is 0.508 e. The Hall–Kier alpha value is -2.70. The minimum absolute atomic E-state index is 0.0324. The van der Waals surface area contributed by atoms with Crippen LogP contribution in [-0.2, 0) is 11.2 Å². The second kappa shape index (κ2) is 4.52. The normalized spacial score (nSPS) is 10.7. The number of phenols is 2. The van der Waals surface area contributed by atoms with Crippen LogP contribution < -0.4 is 0 Å². The molecule has 0 radical (unpaired) electrons. The molecular weight excluding hydrogens is 254 g/mol. The number of hydrogen-bond donors (Lipinski definition) is 5. The predicted octanol–water partition coefficient (Wildman–Crippen LogP) is 1.29. The first-order valence-electron chi connectivity index (χ1n) is 5.41. The first kappa shape index (κ1) is 12.7. The molecule has 0 bridgehead atoms. The van der Waals surface area contributed by atoms with Gasteiger partial charge in [-0.25, -0.2) is 4.79 Å². The first-order valence-corrected chi connectivity index (χ1v) is 5.41. The number of rotatable bonds is 4. The molecular formula is C12H11NO6. The molecule has 7 nitrogen and oxygen atoms in total. The average Bonchev–Trinajstić information content (AvgIpc) is 2.64. The lowest BCUT2D eigenvalue weighted by molar-refractivity contribution is -0.136. The molecule has 1 aromatic heterocycles. The third kappa shape index (κ3) is 2.30. The molecule has 2 rings (SSSR count). The zero-order valence-corrected chi connectivity index (χ0v) is 9.67. The third-order valence-electron chi connectivity index (χ3n) is 2.77. The lowest BCUT2D eigenvalue weighted by Gasteiger charge is -2.02. The van der Waals surface area contributed by atoms with Crippen molar-refractivity contribution in [2.45, 2.75) is 12.8 Å². The highest BCUT2D eigenvalue weighted by Crippen LogP contribution is 2.34. The van der Waals surface area contributed by atoms with Gasteiger partial charge in [-0.2, -0.15) is 0 Å². The van der Waals surface area contributed by atoms with E-state index >= 15 is 0 Å². The van der Waals surface area contributed by atoms with E-state index in [1.54, 1.807) is 0 Å². The van der Waals surface area contributed by atoms with Crippen LogP contribution in [0.1, 0.15) is 22.5 Å². The lowest BCUT2D eigenvalue weighted by atomic mass is 10.0. The highest BCUT2D eigenvalue weighted by Gasteiger charge is 2.20. The molecule has 100 valence electrons. The van der Waals surface area contributed by atoms with Crippen molar-refractivity contribution in [3.63, 3.8) is 0 Å². The molecule has 0 saturated carbocycles. The maximum atomic E-state index is 11.1. The fourth-order valence-electron chi connectivity index (χ4n) is 2.03. The fraction of sp³-hybridized carbons (Fsp3) is 0.167. The zero-order valence-electron chi connectivity index (χ0n) is 9.67. The summed E-state index contributed by atoms with van der Waals surface area (Å²) in [4.78, 5) is 24.3. The van der Waals surface area contributed by atoms with Crippen LogP contribution in [0.3, 0.4) is 0 Å². The molecule has 0 fully saturated rings. The van der Waals surface area contributed by atoms with Gasteiger partial charge in [0.25, 0.3) is 0 Å². The molecule has 0 saturated heterocycles. The second-order valence-corrected chi connectivity index (χ2v) is 4.06. The van der Waals surface area contributed by atoms with E-state index in [1.807, 2.05) is 0 Å². The molecule has 0 unspecified atom stereocenters. The average molecular weight is 265 g/mol. The van der Waals surface area contributed by atoms with E-state index in [-0.39, 0.29) is 46.5 Å². The quantitative estimate of drug-likeness (QED) is 0.566. The number of aromatic amines is 1. The highest BCUT2D eigenvalue weighted by atomic mass is 16.4. The molecule has 0 atom stereocenters. The van der Waals surface area contributed by atoms with Crippen molar-refractivity contribution in [2.75, 3.05) is 0 Å². The number of aromatic carboxylic acids is 1. The summed E-state index contributed by atoms with van der Waals surface area (Å²) >= 11 is 0. The molecule has 0 amide bonds. The van der Waals surface area contributed by atoms with Gasteiger partial charge in [0.05, 0.1) is 5.52 Å². The van der Waals surface area contributed by atoms with E-state index in [2.05, 4.69) is 4.98 Å². The van der Waals surface area contributed by atoms with Crippen LogP contribution in [0.4, 0.5) is 0 Å². The smallest absolute Gasteiger partial charge is 0.352 e. The van der Waals surface area contributed by atoms with Gasteiger partial charge >= 0.3 is 11.9 Å². The monoisotopic (exact) mass is 265 g/mol. The van der Waals surface area contributed by atoms with E-state index in [4.69, 9.17) is 10.2 Å². The molecule has 1 aromatic carbocycles. The molecule has 7 heteroatoms. The van der Waals surface area contributed by atoms with Gasteiger partial charge in [-0.05, 0) is 12.0 Å². The van der Waals surface area contributed by atoms with E-state index in [0.717, 1.165) is 6.07 Å². The van der Waals surface area contributed by atoms with Gasteiger partial charge in [-0.3, -0.25) is 4.79 Å². The Morgan fingerprint density at radius 3 is 2.42 bits per heavy atom. The summed E-state index contributed by atoms with van der Waals surface area (Å²) in [6.07, 6.45) is -0.289. The minimum atomic E-state index is -1.25. The number of carboxylic acids is 2. The summed E-state index contributed by atoms with van der Waals surface area (Å²) in [5.41, 5.74) is 0.273. The van der Waals surface area contributed by atoms with Gasteiger partial charge in [0.15, 0.2) is 0 Å². The van der Waals surface area contributed by atoms with Crippen molar-refractivity contribution in [3.8, 4) is 11.5 Å². The van der Waals surface area contributed by atoms with Crippen molar-refractivity contribution in [2.24, 2.45) is 0 Å². The molecule has 19 heavy (non-hydrogen) atoms. The topological polar surface area (TPSA) is 131 Å². The van der Waals surface area contributed by atoms with E-state index in [0.29, 0.717) is 0 Å². The Kier molecular flexibility index (Phi) is 3.04. The Bertz CT molecular complexity index is 672. The summed E-state index contributed by atoms with van der Waals surface area (Å²) < 4.78 is 0. The maximum Gasteiger partial charge on any atom is 0.352 e. The standard InChI is InChI=1S/C12H11NO6/c14-5-3-7-10(8(15)4-5)6(1-2-9(16)17)11(13-7)12(18)19/h3-4,13-15H,1-2H2,(H,16,17)(H,18,19). The Morgan fingerprint density at radius 1 is 1.16 bits per heavy atom. The summed E-state index contributed by atoms with van der Waals surface area (Å²) in [7, 11) is 0. The van der Waals surface area contributed by atoms with Gasteiger partial charge in [0.1, 0.15) is 17.2 Å². The molecule has 2 aromatic rings. The number of fused-ring (bicyclic) bond motifs is 1. The minimum Gasteiger partial charge on any atom is -0.508 e. The Morgan fingerprint density at radius 2 is 1.84 bits per heavy atom. The number of benzene rings is 1. The van der Waals surface area contributed by atoms with Crippen molar-refractivity contribution >= 4 is 22.8 Å². The van der Waals surface area contributed by atoms with Crippen LogP contribution >= 0.6 is 0 Å². The molecule has 0 aliphatic carbocycles. The number of aromatic hydroxyl groups is 2. The summed E-state index contributed by atoms with van der Waals surface area (Å²) in [6.45, 7) is 0. The Balaban J connectivity index is 2.65. The van der Waals surface area contributed by atoms with Crippen molar-refractivity contribution in [1.82, 2.24) is 4.98 Å². The number of hydrogen-bond acceptors (Lipinski definition) is 4. The summed E-state index contributed by atoms with van der Waals surface area (Å²) in [5.74, 6) is -2.83. The zero-order chi connectivity index (χ0) is 14.2. The van der Waals surface area contributed by atoms with Crippen LogP contribution in [0.2, 0.25) is 0 Å². The number of phenolic OH excluding ortho intramolecular Hbond substituents is 2. The fourth-order valence-corrected chi connectivity index (χ4v) is 2.03. The SMILES string of the molecule is O=C(O)CCc1c(C(=O)O)[nH]c2cc(O)cc(O)c12. The van der Waals surface area contributed by atoms with Crippen molar-refractivity contribution in [1.29, 1.82) is 0 Å². The third-order valence-corrected chi connectivity index (χ3v) is 2.77. The number of carbonyl (C=O) groups is 2. The van der Waals surface area contributed by atoms with Crippen LogP contribution in [0.15, 0.2) is 12.1 Å². The number of aromatic nitrogens is 1. The highest BCUT2D eigenvalue weighted by molar-refractivity contribution is 6.00. The van der Waals surface area contributed by atoms with Gasteiger partial charge in [0.2, 0.25) is 0 Å². The summed E-state index contributed by atoms with van der Waals surface area (Å²) in [6, 6.07) is 2.35. The molecule has 0 spiro atoms. The van der Waals surface area contributed by atoms with Crippen LogP contribution in [0, 0.1) is 0 Å². The van der Waals surface area contributed by atoms with Gasteiger partial charge in [0, 0.05) is 23.9 Å². The van der Waals surface area contributed by atoms with Crippen LogP contribution in [0.5, 0.6) is 11.5 Å². The van der Waals surface area contributed by atoms with Gasteiger partial charge < -0.3 is 25.4 Å². The Labute approximate surface area is 106 Å². The number of H-pyrrole nitrogens is 1.